The van der Waals surface area contributed by atoms with Crippen LogP contribution in [0.5, 0.6) is 5.75 Å². The number of benzene rings is 2. The quantitative estimate of drug-likeness (QED) is 0.645. The number of rotatable bonds is 4. The lowest BCUT2D eigenvalue weighted by atomic mass is 9.83. The van der Waals surface area contributed by atoms with Gasteiger partial charge in [0.2, 0.25) is 0 Å². The second-order valence-corrected chi connectivity index (χ2v) is 8.79. The van der Waals surface area contributed by atoms with E-state index in [-0.39, 0.29) is 34.6 Å². The number of halogens is 1. The van der Waals surface area contributed by atoms with Crippen LogP contribution in [0.3, 0.4) is 0 Å². The van der Waals surface area contributed by atoms with E-state index in [4.69, 9.17) is 4.74 Å². The van der Waals surface area contributed by atoms with Gasteiger partial charge in [-0.15, -0.1) is 0 Å². The third-order valence-electron chi connectivity index (χ3n) is 6.58. The normalized spacial score (nSPS) is 18.7. The van der Waals surface area contributed by atoms with Gasteiger partial charge in [0.15, 0.2) is 0 Å². The van der Waals surface area contributed by atoms with Crippen LogP contribution >= 0.6 is 0 Å². The van der Waals surface area contributed by atoms with Crippen molar-refractivity contribution in [3.8, 4) is 5.75 Å². The molecule has 8 heteroatoms. The highest BCUT2D eigenvalue weighted by molar-refractivity contribution is 6.04. The van der Waals surface area contributed by atoms with E-state index in [9.17, 15) is 18.8 Å². The number of methoxy groups -OCH3 is 1. The zero-order valence-corrected chi connectivity index (χ0v) is 18.7. The molecular formula is C26H24FN3O4. The molecule has 0 radical (unpaired) electrons. The summed E-state index contributed by atoms with van der Waals surface area (Å²) in [6.07, 6.45) is 0.910. The van der Waals surface area contributed by atoms with Crippen molar-refractivity contribution in [3.63, 3.8) is 0 Å². The topological polar surface area (TPSA) is 80.6 Å². The molecule has 1 aromatic heterocycles. The summed E-state index contributed by atoms with van der Waals surface area (Å²) < 4.78 is 20.0. The third-order valence-corrected chi connectivity index (χ3v) is 6.58. The first-order chi connectivity index (χ1) is 16.4. The van der Waals surface area contributed by atoms with Gasteiger partial charge in [-0.25, -0.2) is 4.39 Å². The molecule has 7 nitrogen and oxygen atoms in total. The smallest absolute Gasteiger partial charge is 0.274 e. The minimum Gasteiger partial charge on any atom is -0.497 e. The number of nitrogens with one attached hydrogen (secondary N) is 1. The van der Waals surface area contributed by atoms with Crippen LogP contribution in [0.15, 0.2) is 65.5 Å². The fourth-order valence-corrected chi connectivity index (χ4v) is 4.92. The molecule has 1 fully saturated rings. The van der Waals surface area contributed by atoms with Gasteiger partial charge in [-0.3, -0.25) is 14.4 Å². The van der Waals surface area contributed by atoms with E-state index >= 15 is 0 Å². The van der Waals surface area contributed by atoms with E-state index in [2.05, 4.69) is 5.32 Å². The lowest BCUT2D eigenvalue weighted by Crippen LogP contribution is -2.49. The molecule has 2 aromatic carbocycles. The van der Waals surface area contributed by atoms with Crippen molar-refractivity contribution in [3.05, 3.63) is 93.7 Å². The Kier molecular flexibility index (Phi) is 5.65. The van der Waals surface area contributed by atoms with Crippen LogP contribution in [0.2, 0.25) is 0 Å². The number of aromatic nitrogens is 1. The molecule has 0 unspecified atom stereocenters. The highest BCUT2D eigenvalue weighted by Crippen LogP contribution is 2.36. The number of piperidine rings is 1. The number of carbonyl (C=O) groups is 2. The van der Waals surface area contributed by atoms with Gasteiger partial charge in [-0.05, 0) is 73.0 Å². The number of hydrogen-bond acceptors (Lipinski definition) is 4. The van der Waals surface area contributed by atoms with Crippen LogP contribution in [0, 0.1) is 11.7 Å². The van der Waals surface area contributed by atoms with Crippen molar-refractivity contribution < 1.29 is 18.7 Å². The summed E-state index contributed by atoms with van der Waals surface area (Å²) in [4.78, 5) is 40.6. The zero-order valence-electron chi connectivity index (χ0n) is 18.7. The van der Waals surface area contributed by atoms with E-state index in [0.29, 0.717) is 30.9 Å². The summed E-state index contributed by atoms with van der Waals surface area (Å²) in [6, 6.07) is 15.7. The molecule has 174 valence electrons. The van der Waals surface area contributed by atoms with Crippen LogP contribution in [-0.2, 0) is 6.54 Å². The summed E-state index contributed by atoms with van der Waals surface area (Å²) in [5.41, 5.74) is 1.67. The Morgan fingerprint density at radius 2 is 1.65 bits per heavy atom. The van der Waals surface area contributed by atoms with Crippen molar-refractivity contribution in [2.45, 2.75) is 18.9 Å². The van der Waals surface area contributed by atoms with Crippen molar-refractivity contribution >= 4 is 17.5 Å². The predicted molar refractivity (Wildman–Crippen MR) is 125 cm³/mol. The molecule has 0 spiro atoms. The van der Waals surface area contributed by atoms with E-state index in [1.165, 1.54) is 24.3 Å². The number of hydrogen-bond donors (Lipinski definition) is 1. The molecule has 1 saturated heterocycles. The van der Waals surface area contributed by atoms with Gasteiger partial charge in [-0.1, -0.05) is 0 Å². The maximum atomic E-state index is 13.2. The Labute approximate surface area is 195 Å². The number of pyridine rings is 1. The Hall–Kier alpha value is -3.94. The minimum absolute atomic E-state index is 0.0312. The van der Waals surface area contributed by atoms with E-state index in [1.54, 1.807) is 42.0 Å². The molecule has 2 atom stereocenters. The van der Waals surface area contributed by atoms with Crippen molar-refractivity contribution in [2.24, 2.45) is 5.92 Å². The first-order valence-corrected chi connectivity index (χ1v) is 11.2. The molecule has 3 heterocycles. The average molecular weight is 461 g/mol. The summed E-state index contributed by atoms with van der Waals surface area (Å²) in [7, 11) is 1.58. The minimum atomic E-state index is -0.468. The van der Waals surface area contributed by atoms with Crippen LogP contribution in [-0.4, -0.2) is 41.5 Å². The third kappa shape index (κ3) is 4.07. The standard InChI is InChI=1S/C26H24FN3O4/c1-34-21-8-4-18(5-9-21)25(32)29-13-16-12-19(15-29)23-11-10-22(26(33)30(23)14-16)28-24(31)17-2-6-20(27)7-3-17/h2-11,16,19H,12-15H2,1H3,(H,28,31)/t16-,19+/m0/s1. The number of likely N-dealkylation sites (tertiary alicyclic amines) is 1. The van der Waals surface area contributed by atoms with Gasteiger partial charge in [-0.2, -0.15) is 0 Å². The lowest BCUT2D eigenvalue weighted by molar-refractivity contribution is 0.0594. The Morgan fingerprint density at radius 3 is 2.35 bits per heavy atom. The maximum Gasteiger partial charge on any atom is 0.274 e. The Balaban J connectivity index is 1.35. The predicted octanol–water partition coefficient (Wildman–Crippen LogP) is 3.51. The molecule has 34 heavy (non-hydrogen) atoms. The summed E-state index contributed by atoms with van der Waals surface area (Å²) in [6.45, 7) is 1.58. The number of nitrogens with zero attached hydrogens (tertiary/aromatic N) is 2. The molecule has 1 N–H and O–H groups in total. The van der Waals surface area contributed by atoms with Gasteiger partial charge in [0, 0.05) is 42.4 Å². The summed E-state index contributed by atoms with van der Waals surface area (Å²) in [5, 5.41) is 2.65. The molecule has 0 saturated carbocycles. The second-order valence-electron chi connectivity index (χ2n) is 8.79. The van der Waals surface area contributed by atoms with Crippen LogP contribution < -0.4 is 15.6 Å². The number of ether oxygens (including phenoxy) is 1. The van der Waals surface area contributed by atoms with Gasteiger partial charge in [0.1, 0.15) is 17.3 Å². The molecule has 5 rings (SSSR count). The second kappa shape index (κ2) is 8.78. The number of fused-ring (bicyclic) bond motifs is 4. The first-order valence-electron chi connectivity index (χ1n) is 11.2. The highest BCUT2D eigenvalue weighted by atomic mass is 19.1. The molecule has 2 bridgehead atoms. The molecule has 3 aromatic rings. The number of carbonyl (C=O) groups excluding carboxylic acids is 2. The van der Waals surface area contributed by atoms with E-state index in [1.807, 2.05) is 11.0 Å². The average Bonchev–Trinajstić information content (AvgIpc) is 2.86. The Morgan fingerprint density at radius 1 is 0.941 bits per heavy atom. The van der Waals surface area contributed by atoms with E-state index < -0.39 is 11.7 Å². The van der Waals surface area contributed by atoms with E-state index in [0.717, 1.165) is 12.1 Å². The van der Waals surface area contributed by atoms with Gasteiger partial charge in [0.05, 0.1) is 7.11 Å². The first kappa shape index (κ1) is 21.9. The lowest BCUT2D eigenvalue weighted by Gasteiger charge is -2.43. The molecule has 0 aliphatic carbocycles. The maximum absolute atomic E-state index is 13.2. The Bertz CT molecular complexity index is 1300. The van der Waals surface area contributed by atoms with Gasteiger partial charge < -0.3 is 19.5 Å². The number of anilines is 1. The summed E-state index contributed by atoms with van der Waals surface area (Å²) in [5.74, 6) is -0.0427. The van der Waals surface area contributed by atoms with Crippen LogP contribution in [0.4, 0.5) is 10.1 Å². The zero-order chi connectivity index (χ0) is 23.8. The fraction of sp³-hybridized carbons (Fsp3) is 0.269. The largest absolute Gasteiger partial charge is 0.497 e. The molecule has 2 amide bonds. The molecular weight excluding hydrogens is 437 g/mol. The molecule has 2 aliphatic rings. The summed E-state index contributed by atoms with van der Waals surface area (Å²) >= 11 is 0. The highest BCUT2D eigenvalue weighted by Gasteiger charge is 2.37. The number of amides is 2. The van der Waals surface area contributed by atoms with Crippen molar-refractivity contribution in [1.29, 1.82) is 0 Å². The van der Waals surface area contributed by atoms with Gasteiger partial charge in [0.25, 0.3) is 17.4 Å². The monoisotopic (exact) mass is 461 g/mol. The fourth-order valence-electron chi connectivity index (χ4n) is 4.92. The van der Waals surface area contributed by atoms with Crippen LogP contribution in [0.25, 0.3) is 0 Å². The van der Waals surface area contributed by atoms with Crippen LogP contribution in [0.1, 0.15) is 38.7 Å². The van der Waals surface area contributed by atoms with Crippen molar-refractivity contribution in [2.75, 3.05) is 25.5 Å². The molecule has 2 aliphatic heterocycles. The van der Waals surface area contributed by atoms with Gasteiger partial charge >= 0.3 is 0 Å². The SMILES string of the molecule is COc1ccc(C(=O)N2C[C@@H]3C[C@H](C2)c2ccc(NC(=O)c4ccc(F)cc4)c(=O)n2C3)cc1. The van der Waals surface area contributed by atoms with Crippen molar-refractivity contribution in [1.82, 2.24) is 9.47 Å².